The van der Waals surface area contributed by atoms with Gasteiger partial charge in [0, 0.05) is 6.54 Å². The minimum Gasteiger partial charge on any atom is -0.306 e. The molecule has 1 N–H and O–H groups in total. The van der Waals surface area contributed by atoms with Crippen molar-refractivity contribution in [2.75, 3.05) is 0 Å². The van der Waals surface area contributed by atoms with E-state index in [4.69, 9.17) is 0 Å². The van der Waals surface area contributed by atoms with Crippen molar-refractivity contribution in [1.82, 2.24) is 19.9 Å². The SMILES string of the molecule is c1ccc(CNCc2nnc3ccc4ccccc4n23)cc1. The van der Waals surface area contributed by atoms with Crippen molar-refractivity contribution in [1.29, 1.82) is 0 Å². The van der Waals surface area contributed by atoms with Gasteiger partial charge in [-0.2, -0.15) is 0 Å². The second-order valence-electron chi connectivity index (χ2n) is 5.29. The molecule has 0 atom stereocenters. The molecule has 4 nitrogen and oxygen atoms in total. The first-order valence-electron chi connectivity index (χ1n) is 7.38. The molecule has 2 aromatic heterocycles. The molecule has 0 saturated heterocycles. The summed E-state index contributed by atoms with van der Waals surface area (Å²) >= 11 is 0. The molecule has 4 aromatic rings. The number of benzene rings is 2. The zero-order chi connectivity index (χ0) is 14.8. The van der Waals surface area contributed by atoms with E-state index in [9.17, 15) is 0 Å². The molecule has 2 heterocycles. The maximum atomic E-state index is 4.33. The molecule has 22 heavy (non-hydrogen) atoms. The molecule has 4 heteroatoms. The van der Waals surface area contributed by atoms with Gasteiger partial charge in [-0.25, -0.2) is 0 Å². The first kappa shape index (κ1) is 13.0. The van der Waals surface area contributed by atoms with Crippen LogP contribution < -0.4 is 5.32 Å². The van der Waals surface area contributed by atoms with E-state index in [1.165, 1.54) is 10.9 Å². The topological polar surface area (TPSA) is 42.2 Å². The predicted molar refractivity (Wildman–Crippen MR) is 87.5 cm³/mol. The van der Waals surface area contributed by atoms with Crippen LogP contribution in [0.15, 0.2) is 66.7 Å². The van der Waals surface area contributed by atoms with Crippen LogP contribution in [-0.2, 0) is 13.1 Å². The Kier molecular flexibility index (Phi) is 3.29. The van der Waals surface area contributed by atoms with Crippen LogP contribution in [0.4, 0.5) is 0 Å². The third-order valence-corrected chi connectivity index (χ3v) is 3.80. The monoisotopic (exact) mass is 288 g/mol. The Morgan fingerprint density at radius 3 is 2.50 bits per heavy atom. The Bertz CT molecular complexity index is 912. The molecular weight excluding hydrogens is 272 g/mol. The Hall–Kier alpha value is -2.72. The Balaban J connectivity index is 1.63. The molecule has 0 radical (unpaired) electrons. The van der Waals surface area contributed by atoms with Gasteiger partial charge in [0.1, 0.15) is 0 Å². The molecule has 0 amide bonds. The minimum atomic E-state index is 0.685. The zero-order valence-electron chi connectivity index (χ0n) is 12.1. The number of hydrogen-bond acceptors (Lipinski definition) is 3. The van der Waals surface area contributed by atoms with Crippen molar-refractivity contribution in [3.63, 3.8) is 0 Å². The summed E-state index contributed by atoms with van der Waals surface area (Å²) in [5, 5.41) is 13.2. The Morgan fingerprint density at radius 1 is 0.773 bits per heavy atom. The van der Waals surface area contributed by atoms with Gasteiger partial charge < -0.3 is 5.32 Å². The fraction of sp³-hybridized carbons (Fsp3) is 0.111. The molecule has 0 saturated carbocycles. The number of pyridine rings is 1. The standard InChI is InChI=1S/C18H16N4/c1-2-6-14(7-3-1)12-19-13-18-21-20-17-11-10-15-8-4-5-9-16(15)22(17)18/h1-11,19H,12-13H2. The molecule has 0 aliphatic heterocycles. The fourth-order valence-electron chi connectivity index (χ4n) is 2.73. The zero-order valence-corrected chi connectivity index (χ0v) is 12.1. The van der Waals surface area contributed by atoms with Gasteiger partial charge in [-0.1, -0.05) is 48.5 Å². The first-order chi connectivity index (χ1) is 10.9. The normalized spacial score (nSPS) is 11.3. The molecule has 108 valence electrons. The lowest BCUT2D eigenvalue weighted by molar-refractivity contribution is 0.659. The van der Waals surface area contributed by atoms with Crippen molar-refractivity contribution in [3.05, 3.63) is 78.1 Å². The van der Waals surface area contributed by atoms with E-state index >= 15 is 0 Å². The summed E-state index contributed by atoms with van der Waals surface area (Å²) in [6.07, 6.45) is 0. The maximum Gasteiger partial charge on any atom is 0.161 e. The number of nitrogens with zero attached hydrogens (tertiary/aromatic N) is 3. The Labute approximate surface area is 128 Å². The van der Waals surface area contributed by atoms with Crippen molar-refractivity contribution in [2.45, 2.75) is 13.1 Å². The molecule has 0 aliphatic rings. The second kappa shape index (κ2) is 5.58. The minimum absolute atomic E-state index is 0.685. The highest BCUT2D eigenvalue weighted by Gasteiger charge is 2.08. The highest BCUT2D eigenvalue weighted by Crippen LogP contribution is 2.17. The van der Waals surface area contributed by atoms with E-state index in [0.717, 1.165) is 23.5 Å². The van der Waals surface area contributed by atoms with E-state index in [1.807, 2.05) is 24.3 Å². The van der Waals surface area contributed by atoms with E-state index < -0.39 is 0 Å². The molecule has 0 fully saturated rings. The van der Waals surface area contributed by atoms with Gasteiger partial charge in [-0.05, 0) is 29.1 Å². The third kappa shape index (κ3) is 2.34. The summed E-state index contributed by atoms with van der Waals surface area (Å²) in [5.41, 5.74) is 3.29. The summed E-state index contributed by atoms with van der Waals surface area (Å²) in [6, 6.07) is 22.8. The molecule has 0 spiro atoms. The van der Waals surface area contributed by atoms with Crippen LogP contribution in [0.25, 0.3) is 16.6 Å². The van der Waals surface area contributed by atoms with Crippen molar-refractivity contribution < 1.29 is 0 Å². The van der Waals surface area contributed by atoms with E-state index in [0.29, 0.717) is 6.54 Å². The highest BCUT2D eigenvalue weighted by molar-refractivity contribution is 5.81. The van der Waals surface area contributed by atoms with Gasteiger partial charge in [-0.15, -0.1) is 10.2 Å². The van der Waals surface area contributed by atoms with E-state index in [2.05, 4.69) is 62.4 Å². The summed E-state index contributed by atoms with van der Waals surface area (Å²) in [7, 11) is 0. The fourth-order valence-corrected chi connectivity index (χ4v) is 2.73. The van der Waals surface area contributed by atoms with Crippen LogP contribution in [0.2, 0.25) is 0 Å². The largest absolute Gasteiger partial charge is 0.306 e. The van der Waals surface area contributed by atoms with Crippen molar-refractivity contribution in [2.24, 2.45) is 0 Å². The smallest absolute Gasteiger partial charge is 0.161 e. The van der Waals surface area contributed by atoms with Crippen LogP contribution in [-0.4, -0.2) is 14.6 Å². The van der Waals surface area contributed by atoms with Crippen LogP contribution in [0.1, 0.15) is 11.4 Å². The maximum absolute atomic E-state index is 4.33. The van der Waals surface area contributed by atoms with Gasteiger partial charge in [0.25, 0.3) is 0 Å². The average Bonchev–Trinajstić information content (AvgIpc) is 3.00. The van der Waals surface area contributed by atoms with Crippen LogP contribution in [0.3, 0.4) is 0 Å². The number of hydrogen-bond donors (Lipinski definition) is 1. The lowest BCUT2D eigenvalue weighted by Gasteiger charge is -2.06. The lowest BCUT2D eigenvalue weighted by atomic mass is 10.2. The number of aromatic nitrogens is 3. The van der Waals surface area contributed by atoms with Crippen LogP contribution in [0.5, 0.6) is 0 Å². The second-order valence-corrected chi connectivity index (χ2v) is 5.29. The van der Waals surface area contributed by atoms with Crippen molar-refractivity contribution in [3.8, 4) is 0 Å². The number of rotatable bonds is 4. The summed E-state index contributed by atoms with van der Waals surface area (Å²) in [5.74, 6) is 0.933. The quantitative estimate of drug-likeness (QED) is 0.627. The third-order valence-electron chi connectivity index (χ3n) is 3.80. The average molecular weight is 288 g/mol. The first-order valence-corrected chi connectivity index (χ1v) is 7.38. The van der Waals surface area contributed by atoms with E-state index in [-0.39, 0.29) is 0 Å². The Morgan fingerprint density at radius 2 is 1.59 bits per heavy atom. The van der Waals surface area contributed by atoms with E-state index in [1.54, 1.807) is 0 Å². The van der Waals surface area contributed by atoms with Crippen LogP contribution in [0, 0.1) is 0 Å². The van der Waals surface area contributed by atoms with Gasteiger partial charge >= 0.3 is 0 Å². The van der Waals surface area contributed by atoms with Gasteiger partial charge in [-0.3, -0.25) is 4.40 Å². The molecule has 0 aliphatic carbocycles. The molecule has 2 aromatic carbocycles. The molecule has 0 unspecified atom stereocenters. The van der Waals surface area contributed by atoms with Gasteiger partial charge in [0.2, 0.25) is 0 Å². The summed E-state index contributed by atoms with van der Waals surface area (Å²) in [4.78, 5) is 0. The van der Waals surface area contributed by atoms with Crippen molar-refractivity contribution >= 4 is 16.6 Å². The predicted octanol–water partition coefficient (Wildman–Crippen LogP) is 3.17. The van der Waals surface area contributed by atoms with Gasteiger partial charge in [0.05, 0.1) is 12.1 Å². The highest BCUT2D eigenvalue weighted by atomic mass is 15.3. The number of nitrogens with one attached hydrogen (secondary N) is 1. The van der Waals surface area contributed by atoms with Crippen LogP contribution >= 0.6 is 0 Å². The lowest BCUT2D eigenvalue weighted by Crippen LogP contribution is -2.15. The molecule has 0 bridgehead atoms. The molecular formula is C18H16N4. The number of para-hydroxylation sites is 1. The molecule has 4 rings (SSSR count). The number of fused-ring (bicyclic) bond motifs is 3. The summed E-state index contributed by atoms with van der Waals surface area (Å²) in [6.45, 7) is 1.50. The summed E-state index contributed by atoms with van der Waals surface area (Å²) < 4.78 is 2.12. The van der Waals surface area contributed by atoms with Gasteiger partial charge in [0.15, 0.2) is 11.5 Å².